The quantitative estimate of drug-likeness (QED) is 0.671. The highest BCUT2D eigenvalue weighted by Crippen LogP contribution is 2.28. The van der Waals surface area contributed by atoms with Gasteiger partial charge in [-0.15, -0.1) is 0 Å². The Labute approximate surface area is 154 Å². The second-order valence-electron chi connectivity index (χ2n) is 6.83. The van der Waals surface area contributed by atoms with Crippen LogP contribution < -0.4 is 5.73 Å². The maximum absolute atomic E-state index is 12.0. The topological polar surface area (TPSA) is 52.3 Å². The average Bonchev–Trinajstić information content (AvgIpc) is 2.66. The van der Waals surface area contributed by atoms with E-state index in [0.29, 0.717) is 0 Å². The largest absolute Gasteiger partial charge is 0.461 e. The molecule has 0 spiro atoms. The van der Waals surface area contributed by atoms with Crippen LogP contribution in [0.2, 0.25) is 0 Å². The first-order valence-electron chi connectivity index (χ1n) is 9.03. The minimum Gasteiger partial charge on any atom is -0.461 e. The lowest BCUT2D eigenvalue weighted by molar-refractivity contribution is -0.150. The summed E-state index contributed by atoms with van der Waals surface area (Å²) in [5, 5.41) is 2.45. The molecule has 0 amide bonds. The van der Waals surface area contributed by atoms with E-state index in [9.17, 15) is 4.79 Å². The lowest BCUT2D eigenvalue weighted by Gasteiger charge is -2.25. The predicted octanol–water partition coefficient (Wildman–Crippen LogP) is 4.45. The Morgan fingerprint density at radius 1 is 0.923 bits per heavy atom. The number of ether oxygens (including phenoxy) is 1. The fourth-order valence-corrected chi connectivity index (χ4v) is 3.25. The number of hydrogen-bond acceptors (Lipinski definition) is 3. The Morgan fingerprint density at radius 2 is 1.58 bits per heavy atom. The Morgan fingerprint density at radius 3 is 2.27 bits per heavy atom. The number of benzene rings is 3. The summed E-state index contributed by atoms with van der Waals surface area (Å²) in [6.45, 7) is 3.59. The van der Waals surface area contributed by atoms with Crippen molar-refractivity contribution in [2.45, 2.75) is 38.3 Å². The van der Waals surface area contributed by atoms with Crippen LogP contribution in [0, 0.1) is 0 Å². The van der Waals surface area contributed by atoms with Crippen molar-refractivity contribution in [1.82, 2.24) is 0 Å². The molecule has 0 bridgehead atoms. The molecule has 0 fully saturated rings. The fraction of sp³-hybridized carbons (Fsp3) is 0.261. The maximum Gasteiger partial charge on any atom is 0.322 e. The molecular weight excluding hydrogens is 322 g/mol. The Balaban J connectivity index is 1.88. The van der Waals surface area contributed by atoms with Crippen LogP contribution in [0.5, 0.6) is 0 Å². The van der Waals surface area contributed by atoms with Crippen molar-refractivity contribution in [3.63, 3.8) is 0 Å². The molecule has 3 atom stereocenters. The molecule has 0 aliphatic carbocycles. The van der Waals surface area contributed by atoms with Crippen molar-refractivity contribution < 1.29 is 9.53 Å². The van der Waals surface area contributed by atoms with Gasteiger partial charge in [-0.2, -0.15) is 0 Å². The van der Waals surface area contributed by atoms with E-state index in [1.54, 1.807) is 6.92 Å². The first-order chi connectivity index (χ1) is 12.5. The molecule has 3 nitrogen and oxygen atoms in total. The van der Waals surface area contributed by atoms with Crippen LogP contribution in [0.3, 0.4) is 0 Å². The third-order valence-electron chi connectivity index (χ3n) is 4.74. The van der Waals surface area contributed by atoms with Gasteiger partial charge in [0.25, 0.3) is 0 Å². The van der Waals surface area contributed by atoms with E-state index in [0.717, 1.165) is 12.0 Å². The van der Waals surface area contributed by atoms with Gasteiger partial charge >= 0.3 is 5.97 Å². The highest BCUT2D eigenvalue weighted by atomic mass is 16.5. The molecule has 26 heavy (non-hydrogen) atoms. The van der Waals surface area contributed by atoms with E-state index in [1.165, 1.54) is 16.3 Å². The average molecular weight is 347 g/mol. The minimum absolute atomic E-state index is 0.0695. The predicted molar refractivity (Wildman–Crippen MR) is 106 cm³/mol. The number of carbonyl (C=O) groups is 1. The number of carbonyl (C=O) groups excluding carboxylic acids is 1. The van der Waals surface area contributed by atoms with Crippen LogP contribution in [-0.2, 0) is 16.0 Å². The Hall–Kier alpha value is -2.65. The van der Waals surface area contributed by atoms with Gasteiger partial charge in [0.15, 0.2) is 0 Å². The standard InChI is InChI=1S/C23H25NO2/c1-16(24)23(25)26-17(2)22(20-9-4-3-5-10-20)15-18-12-13-19-8-6-7-11-21(19)14-18/h3-14,16-17,22H,15,24H2,1-2H3/t16-,17-,22-/m0/s1. The van der Waals surface area contributed by atoms with Crippen molar-refractivity contribution >= 4 is 16.7 Å². The van der Waals surface area contributed by atoms with Crippen molar-refractivity contribution in [2.75, 3.05) is 0 Å². The summed E-state index contributed by atoms with van der Waals surface area (Å²) in [6, 6.07) is 24.4. The fourth-order valence-electron chi connectivity index (χ4n) is 3.25. The lowest BCUT2D eigenvalue weighted by Crippen LogP contribution is -2.34. The summed E-state index contributed by atoms with van der Waals surface area (Å²) in [7, 11) is 0. The van der Waals surface area contributed by atoms with Crippen LogP contribution in [0.25, 0.3) is 10.8 Å². The van der Waals surface area contributed by atoms with Crippen LogP contribution in [-0.4, -0.2) is 18.1 Å². The zero-order valence-corrected chi connectivity index (χ0v) is 15.3. The van der Waals surface area contributed by atoms with E-state index >= 15 is 0 Å². The van der Waals surface area contributed by atoms with E-state index in [2.05, 4.69) is 42.5 Å². The first kappa shape index (κ1) is 18.2. The van der Waals surface area contributed by atoms with E-state index < -0.39 is 6.04 Å². The molecule has 0 aliphatic rings. The zero-order chi connectivity index (χ0) is 18.5. The number of hydrogen-bond donors (Lipinski definition) is 1. The SMILES string of the molecule is C[C@H](N)C(=O)O[C@@H](C)[C@H](Cc1ccc2ccccc2c1)c1ccccc1. The van der Waals surface area contributed by atoms with Gasteiger partial charge in [-0.25, -0.2) is 0 Å². The second-order valence-corrected chi connectivity index (χ2v) is 6.83. The van der Waals surface area contributed by atoms with Gasteiger partial charge in [0, 0.05) is 5.92 Å². The molecule has 3 heteroatoms. The van der Waals surface area contributed by atoms with E-state index in [4.69, 9.17) is 10.5 Å². The molecule has 0 aromatic heterocycles. The van der Waals surface area contributed by atoms with Crippen LogP contribution in [0.1, 0.15) is 30.9 Å². The Kier molecular flexibility index (Phi) is 5.69. The molecule has 0 aliphatic heterocycles. The molecule has 0 saturated carbocycles. The third kappa shape index (κ3) is 4.30. The monoisotopic (exact) mass is 347 g/mol. The van der Waals surface area contributed by atoms with Crippen LogP contribution >= 0.6 is 0 Å². The summed E-state index contributed by atoms with van der Waals surface area (Å²) in [5.41, 5.74) is 8.04. The summed E-state index contributed by atoms with van der Waals surface area (Å²) < 4.78 is 5.62. The number of fused-ring (bicyclic) bond motifs is 1. The molecule has 0 unspecified atom stereocenters. The van der Waals surface area contributed by atoms with Crippen LogP contribution in [0.4, 0.5) is 0 Å². The molecule has 0 saturated heterocycles. The molecule has 2 N–H and O–H groups in total. The van der Waals surface area contributed by atoms with Gasteiger partial charge in [0.05, 0.1) is 0 Å². The minimum atomic E-state index is -0.616. The van der Waals surface area contributed by atoms with Crippen LogP contribution in [0.15, 0.2) is 72.8 Å². The molecule has 134 valence electrons. The number of nitrogens with two attached hydrogens (primary N) is 1. The molecule has 3 aromatic carbocycles. The zero-order valence-electron chi connectivity index (χ0n) is 15.3. The van der Waals surface area contributed by atoms with Gasteiger partial charge < -0.3 is 10.5 Å². The van der Waals surface area contributed by atoms with Crippen molar-refractivity contribution in [3.8, 4) is 0 Å². The highest BCUT2D eigenvalue weighted by molar-refractivity contribution is 5.83. The molecule has 0 radical (unpaired) electrons. The second kappa shape index (κ2) is 8.15. The normalized spacial score (nSPS) is 14.6. The van der Waals surface area contributed by atoms with Crippen molar-refractivity contribution in [2.24, 2.45) is 5.73 Å². The molecular formula is C23H25NO2. The third-order valence-corrected chi connectivity index (χ3v) is 4.74. The summed E-state index contributed by atoms with van der Waals surface area (Å²) in [5.74, 6) is -0.294. The van der Waals surface area contributed by atoms with E-state index in [-0.39, 0.29) is 18.0 Å². The number of rotatable bonds is 6. The maximum atomic E-state index is 12.0. The van der Waals surface area contributed by atoms with Gasteiger partial charge in [0.2, 0.25) is 0 Å². The van der Waals surface area contributed by atoms with Crippen molar-refractivity contribution in [3.05, 3.63) is 83.9 Å². The molecule has 3 aromatic rings. The van der Waals surface area contributed by atoms with Gasteiger partial charge in [-0.05, 0) is 42.2 Å². The highest BCUT2D eigenvalue weighted by Gasteiger charge is 2.24. The van der Waals surface area contributed by atoms with Crippen molar-refractivity contribution in [1.29, 1.82) is 0 Å². The summed E-state index contributed by atoms with van der Waals surface area (Å²) >= 11 is 0. The summed E-state index contributed by atoms with van der Waals surface area (Å²) in [6.07, 6.45) is 0.532. The number of esters is 1. The lowest BCUT2D eigenvalue weighted by atomic mass is 9.87. The van der Waals surface area contributed by atoms with Gasteiger partial charge in [0.1, 0.15) is 12.1 Å². The summed E-state index contributed by atoms with van der Waals surface area (Å²) in [4.78, 5) is 12.0. The Bertz CT molecular complexity index is 874. The van der Waals surface area contributed by atoms with Gasteiger partial charge in [-0.3, -0.25) is 4.79 Å². The first-order valence-corrected chi connectivity index (χ1v) is 9.03. The van der Waals surface area contributed by atoms with E-state index in [1.807, 2.05) is 37.3 Å². The molecule has 3 rings (SSSR count). The van der Waals surface area contributed by atoms with Gasteiger partial charge in [-0.1, -0.05) is 72.8 Å². The smallest absolute Gasteiger partial charge is 0.322 e. The molecule has 0 heterocycles.